The van der Waals surface area contributed by atoms with E-state index in [4.69, 9.17) is 0 Å². The normalized spacial score (nSPS) is 18.4. The quantitative estimate of drug-likeness (QED) is 0.876. The van der Waals surface area contributed by atoms with Gasteiger partial charge >= 0.3 is 0 Å². The molecule has 1 aliphatic heterocycles. The monoisotopic (exact) mass is 363 g/mol. The smallest absolute Gasteiger partial charge is 0.175 e. The van der Waals surface area contributed by atoms with Gasteiger partial charge in [-0.25, -0.2) is 13.4 Å². The minimum absolute atomic E-state index is 0.227. The number of likely N-dealkylation sites (tertiary alicyclic amines) is 1. The van der Waals surface area contributed by atoms with Crippen LogP contribution in [0, 0.1) is 5.92 Å². The summed E-state index contributed by atoms with van der Waals surface area (Å²) in [5.74, 6) is 0.958. The Balaban J connectivity index is 1.55. The molecule has 2 aromatic rings. The van der Waals surface area contributed by atoms with Crippen LogP contribution in [-0.2, 0) is 23.4 Å². The van der Waals surface area contributed by atoms with Gasteiger partial charge in [0.25, 0.3) is 0 Å². The van der Waals surface area contributed by atoms with Crippen molar-refractivity contribution in [1.82, 2.24) is 14.5 Å². The lowest BCUT2D eigenvalue weighted by atomic mass is 9.90. The van der Waals surface area contributed by atoms with E-state index in [-0.39, 0.29) is 5.92 Å². The molecule has 6 nitrogen and oxygen atoms in total. The van der Waals surface area contributed by atoms with E-state index in [9.17, 15) is 13.5 Å². The van der Waals surface area contributed by atoms with E-state index >= 15 is 0 Å². The predicted molar refractivity (Wildman–Crippen MR) is 95.7 cm³/mol. The van der Waals surface area contributed by atoms with Crippen molar-refractivity contribution in [2.45, 2.75) is 30.4 Å². The minimum Gasteiger partial charge on any atom is -0.385 e. The summed E-state index contributed by atoms with van der Waals surface area (Å²) in [6, 6.07) is 7.10. The van der Waals surface area contributed by atoms with Crippen LogP contribution in [0.15, 0.2) is 41.6 Å². The SMILES string of the molecule is Cn1ccnc1C(O)C1CCN(Cc2ccc(S(C)(=O)=O)cc2)CC1. The topological polar surface area (TPSA) is 75.4 Å². The van der Waals surface area contributed by atoms with Gasteiger partial charge in [0.05, 0.1) is 4.90 Å². The van der Waals surface area contributed by atoms with Crippen LogP contribution in [0.3, 0.4) is 0 Å². The van der Waals surface area contributed by atoms with Crippen LogP contribution in [0.1, 0.15) is 30.3 Å². The maximum Gasteiger partial charge on any atom is 0.175 e. The van der Waals surface area contributed by atoms with Crippen LogP contribution in [0.25, 0.3) is 0 Å². The molecule has 25 heavy (non-hydrogen) atoms. The van der Waals surface area contributed by atoms with Crippen LogP contribution in [-0.4, -0.2) is 47.3 Å². The fourth-order valence-electron chi connectivity index (χ4n) is 3.40. The molecule has 0 aliphatic carbocycles. The van der Waals surface area contributed by atoms with E-state index in [2.05, 4.69) is 9.88 Å². The van der Waals surface area contributed by atoms with Gasteiger partial charge in [0, 0.05) is 32.2 Å². The zero-order chi connectivity index (χ0) is 18.0. The molecule has 136 valence electrons. The zero-order valence-corrected chi connectivity index (χ0v) is 15.5. The number of benzene rings is 1. The highest BCUT2D eigenvalue weighted by molar-refractivity contribution is 7.90. The second-order valence-electron chi connectivity index (χ2n) is 6.87. The lowest BCUT2D eigenvalue weighted by molar-refractivity contribution is 0.0492. The molecule has 1 N–H and O–H groups in total. The van der Waals surface area contributed by atoms with Crippen LogP contribution < -0.4 is 0 Å². The number of rotatable bonds is 5. The third-order valence-corrected chi connectivity index (χ3v) is 6.09. The van der Waals surface area contributed by atoms with E-state index in [1.807, 2.05) is 29.9 Å². The summed E-state index contributed by atoms with van der Waals surface area (Å²) in [5, 5.41) is 10.5. The molecular formula is C18H25N3O3S. The number of hydrogen-bond acceptors (Lipinski definition) is 5. The second-order valence-corrected chi connectivity index (χ2v) is 8.89. The van der Waals surface area contributed by atoms with E-state index in [1.54, 1.807) is 18.3 Å². The first-order chi connectivity index (χ1) is 11.8. The van der Waals surface area contributed by atoms with Crippen molar-refractivity contribution in [2.24, 2.45) is 13.0 Å². The number of aliphatic hydroxyl groups excluding tert-OH is 1. The number of hydrogen-bond donors (Lipinski definition) is 1. The molecule has 0 amide bonds. The lowest BCUT2D eigenvalue weighted by Crippen LogP contribution is -2.35. The van der Waals surface area contributed by atoms with E-state index in [0.29, 0.717) is 4.90 Å². The van der Waals surface area contributed by atoms with Gasteiger partial charge < -0.3 is 9.67 Å². The molecule has 1 fully saturated rings. The van der Waals surface area contributed by atoms with Crippen molar-refractivity contribution in [3.8, 4) is 0 Å². The van der Waals surface area contributed by atoms with Gasteiger partial charge in [-0.3, -0.25) is 4.90 Å². The number of imidazole rings is 1. The van der Waals surface area contributed by atoms with Gasteiger partial charge in [-0.05, 0) is 49.5 Å². The number of piperidine rings is 1. The first-order valence-electron chi connectivity index (χ1n) is 8.51. The molecule has 0 bridgehead atoms. The Kier molecular flexibility index (Phi) is 5.27. The minimum atomic E-state index is -3.14. The number of aryl methyl sites for hydroxylation is 1. The summed E-state index contributed by atoms with van der Waals surface area (Å²) in [7, 11) is -1.24. The first-order valence-corrected chi connectivity index (χ1v) is 10.4. The molecule has 1 aliphatic rings. The Bertz CT molecular complexity index is 806. The molecule has 1 aromatic carbocycles. The predicted octanol–water partition coefficient (Wildman–Crippen LogP) is 1.77. The molecule has 3 rings (SSSR count). The van der Waals surface area contributed by atoms with Gasteiger partial charge in [0.15, 0.2) is 9.84 Å². The molecular weight excluding hydrogens is 338 g/mol. The summed E-state index contributed by atoms with van der Waals surface area (Å²) in [6.07, 6.45) is 6.13. The van der Waals surface area contributed by atoms with Crippen LogP contribution in [0.2, 0.25) is 0 Å². The standard InChI is InChI=1S/C18H25N3O3S/c1-20-12-9-19-18(20)17(22)15-7-10-21(11-8-15)13-14-3-5-16(6-4-14)25(2,23)24/h3-6,9,12,15,17,22H,7-8,10-11,13H2,1-2H3. The van der Waals surface area contributed by atoms with Crippen molar-refractivity contribution in [3.63, 3.8) is 0 Å². The molecule has 1 saturated heterocycles. The van der Waals surface area contributed by atoms with Crippen molar-refractivity contribution in [1.29, 1.82) is 0 Å². The fourth-order valence-corrected chi connectivity index (χ4v) is 4.03. The average molecular weight is 363 g/mol. The molecule has 0 saturated carbocycles. The van der Waals surface area contributed by atoms with Crippen LogP contribution in [0.5, 0.6) is 0 Å². The summed E-state index contributed by atoms with van der Waals surface area (Å²) in [6.45, 7) is 2.63. The van der Waals surface area contributed by atoms with Gasteiger partial charge in [-0.15, -0.1) is 0 Å². The highest BCUT2D eigenvalue weighted by atomic mass is 32.2. The molecule has 0 radical (unpaired) electrons. The Hall–Kier alpha value is -1.70. The van der Waals surface area contributed by atoms with Crippen molar-refractivity contribution < 1.29 is 13.5 Å². The summed E-state index contributed by atoms with van der Waals surface area (Å²) in [5.41, 5.74) is 1.11. The highest BCUT2D eigenvalue weighted by Gasteiger charge is 2.28. The van der Waals surface area contributed by atoms with Gasteiger partial charge in [-0.2, -0.15) is 0 Å². The molecule has 2 heterocycles. The molecule has 1 unspecified atom stereocenters. The van der Waals surface area contributed by atoms with Crippen LogP contribution >= 0.6 is 0 Å². The van der Waals surface area contributed by atoms with Gasteiger partial charge in [0.1, 0.15) is 11.9 Å². The Labute approximate surface area is 149 Å². The van der Waals surface area contributed by atoms with Crippen LogP contribution in [0.4, 0.5) is 0 Å². The third-order valence-electron chi connectivity index (χ3n) is 4.96. The largest absolute Gasteiger partial charge is 0.385 e. The maximum absolute atomic E-state index is 11.5. The fraction of sp³-hybridized carbons (Fsp3) is 0.500. The Morgan fingerprint density at radius 1 is 1.24 bits per heavy atom. The number of sulfone groups is 1. The second kappa shape index (κ2) is 7.27. The maximum atomic E-state index is 11.5. The number of aromatic nitrogens is 2. The van der Waals surface area contributed by atoms with Gasteiger partial charge in [0.2, 0.25) is 0 Å². The van der Waals surface area contributed by atoms with E-state index in [1.165, 1.54) is 6.26 Å². The number of aliphatic hydroxyl groups is 1. The third kappa shape index (κ3) is 4.29. The average Bonchev–Trinajstić information content (AvgIpc) is 3.01. The van der Waals surface area contributed by atoms with Crippen molar-refractivity contribution >= 4 is 9.84 Å². The van der Waals surface area contributed by atoms with E-state index in [0.717, 1.165) is 43.9 Å². The summed E-state index contributed by atoms with van der Waals surface area (Å²) >= 11 is 0. The molecule has 7 heteroatoms. The van der Waals surface area contributed by atoms with Crippen molar-refractivity contribution in [2.75, 3.05) is 19.3 Å². The molecule has 1 atom stereocenters. The van der Waals surface area contributed by atoms with E-state index < -0.39 is 15.9 Å². The first kappa shape index (κ1) is 18.1. The Morgan fingerprint density at radius 2 is 1.88 bits per heavy atom. The molecule has 0 spiro atoms. The summed E-state index contributed by atoms with van der Waals surface area (Å²) in [4.78, 5) is 6.96. The van der Waals surface area contributed by atoms with Gasteiger partial charge in [-0.1, -0.05) is 12.1 Å². The van der Waals surface area contributed by atoms with Crippen molar-refractivity contribution in [3.05, 3.63) is 48.0 Å². The zero-order valence-electron chi connectivity index (χ0n) is 14.7. The summed E-state index contributed by atoms with van der Waals surface area (Å²) < 4.78 is 24.9. The lowest BCUT2D eigenvalue weighted by Gasteiger charge is -2.34. The highest BCUT2D eigenvalue weighted by Crippen LogP contribution is 2.30. The molecule has 1 aromatic heterocycles. The number of nitrogens with zero attached hydrogens (tertiary/aromatic N) is 3. The Morgan fingerprint density at radius 3 is 2.40 bits per heavy atom.